The van der Waals surface area contributed by atoms with Gasteiger partial charge in [0, 0.05) is 20.1 Å². The predicted molar refractivity (Wildman–Crippen MR) is 116 cm³/mol. The van der Waals surface area contributed by atoms with Crippen LogP contribution in [0.2, 0.25) is 0 Å². The number of hydrogen-bond acceptors (Lipinski definition) is 7. The molecule has 2 aromatic rings. The zero-order valence-corrected chi connectivity index (χ0v) is 19.2. The molecule has 33 heavy (non-hydrogen) atoms. The van der Waals surface area contributed by atoms with Crippen LogP contribution in [0, 0.1) is 18.8 Å². The molecule has 0 spiro atoms. The largest absolute Gasteiger partial charge is 0.489 e. The number of halogens is 3. The summed E-state index contributed by atoms with van der Waals surface area (Å²) in [5, 5.41) is 9.88. The summed E-state index contributed by atoms with van der Waals surface area (Å²) in [6.07, 6.45) is -1.97. The molecule has 1 atom stereocenters. The molecule has 1 aliphatic carbocycles. The lowest BCUT2D eigenvalue weighted by atomic mass is 9.81. The lowest BCUT2D eigenvalue weighted by Gasteiger charge is -2.38. The number of aryl methyl sites for hydroxylation is 2. The molecule has 9 nitrogen and oxygen atoms in total. The molecule has 2 N–H and O–H groups in total. The maximum atomic E-state index is 13.1. The molecule has 1 saturated carbocycles. The van der Waals surface area contributed by atoms with Gasteiger partial charge in [0.15, 0.2) is 17.3 Å². The van der Waals surface area contributed by atoms with Crippen LogP contribution in [-0.4, -0.2) is 51.4 Å². The molecule has 1 amide bonds. The van der Waals surface area contributed by atoms with E-state index in [9.17, 15) is 18.0 Å². The Morgan fingerprint density at radius 1 is 1.27 bits per heavy atom. The van der Waals surface area contributed by atoms with Crippen LogP contribution in [0.25, 0.3) is 0 Å². The van der Waals surface area contributed by atoms with E-state index in [-0.39, 0.29) is 42.2 Å². The SMILES string of the molecule is Cc1nc(N[C@H]2C[C@@H](COc3cnn(C)c3C(F)(F)F)C2)nc2c1NC(=O)C(C(C)C)N2C. The normalized spacial score (nSPS) is 22.6. The molecule has 0 bridgehead atoms. The second-order valence-electron chi connectivity index (χ2n) is 9.09. The van der Waals surface area contributed by atoms with E-state index in [1.807, 2.05) is 32.7 Å². The molecule has 2 aliphatic rings. The van der Waals surface area contributed by atoms with Crippen molar-refractivity contribution in [3.8, 4) is 5.75 Å². The van der Waals surface area contributed by atoms with E-state index in [1.165, 1.54) is 7.05 Å². The van der Waals surface area contributed by atoms with Gasteiger partial charge in [-0.15, -0.1) is 0 Å². The van der Waals surface area contributed by atoms with Gasteiger partial charge in [0.1, 0.15) is 11.7 Å². The topological polar surface area (TPSA) is 97.2 Å². The van der Waals surface area contributed by atoms with Crippen molar-refractivity contribution in [2.75, 3.05) is 29.2 Å². The molecule has 2 aromatic heterocycles. The number of aromatic nitrogens is 4. The van der Waals surface area contributed by atoms with Crippen LogP contribution in [-0.2, 0) is 18.0 Å². The van der Waals surface area contributed by atoms with Crippen molar-refractivity contribution < 1.29 is 22.7 Å². The molecule has 3 heterocycles. The zero-order valence-electron chi connectivity index (χ0n) is 19.2. The first-order valence-corrected chi connectivity index (χ1v) is 10.9. The highest BCUT2D eigenvalue weighted by Crippen LogP contribution is 2.38. The van der Waals surface area contributed by atoms with Gasteiger partial charge in [0.05, 0.1) is 18.5 Å². The van der Waals surface area contributed by atoms with Crippen LogP contribution in [0.3, 0.4) is 0 Å². The third-order valence-corrected chi connectivity index (χ3v) is 6.19. The minimum Gasteiger partial charge on any atom is -0.489 e. The summed E-state index contributed by atoms with van der Waals surface area (Å²) in [7, 11) is 3.09. The van der Waals surface area contributed by atoms with Gasteiger partial charge >= 0.3 is 6.18 Å². The predicted octanol–water partition coefficient (Wildman–Crippen LogP) is 3.22. The Morgan fingerprint density at radius 2 is 1.97 bits per heavy atom. The van der Waals surface area contributed by atoms with Gasteiger partial charge in [-0.2, -0.15) is 23.3 Å². The number of alkyl halides is 3. The van der Waals surface area contributed by atoms with Crippen molar-refractivity contribution in [3.05, 3.63) is 17.6 Å². The van der Waals surface area contributed by atoms with Gasteiger partial charge in [-0.3, -0.25) is 9.48 Å². The molecule has 0 saturated heterocycles. The number of carbonyl (C=O) groups is 1. The van der Waals surface area contributed by atoms with Crippen molar-refractivity contribution in [1.29, 1.82) is 0 Å². The first kappa shape index (κ1) is 23.1. The van der Waals surface area contributed by atoms with E-state index < -0.39 is 11.9 Å². The van der Waals surface area contributed by atoms with Crippen molar-refractivity contribution in [2.45, 2.75) is 51.9 Å². The van der Waals surface area contributed by atoms with Crippen molar-refractivity contribution in [2.24, 2.45) is 18.9 Å². The maximum absolute atomic E-state index is 13.1. The molecular weight excluding hydrogens is 439 g/mol. The van der Waals surface area contributed by atoms with Crippen molar-refractivity contribution in [3.63, 3.8) is 0 Å². The third-order valence-electron chi connectivity index (χ3n) is 6.19. The fraction of sp³-hybridized carbons (Fsp3) is 0.619. The Kier molecular flexibility index (Phi) is 5.87. The number of likely N-dealkylation sites (N-methyl/N-ethyl adjacent to an activating group) is 1. The minimum atomic E-state index is -4.52. The molecular formula is C21H28F3N7O2. The average molecular weight is 467 g/mol. The summed E-state index contributed by atoms with van der Waals surface area (Å²) >= 11 is 0. The van der Waals surface area contributed by atoms with E-state index in [1.54, 1.807) is 0 Å². The third kappa shape index (κ3) is 4.42. The first-order chi connectivity index (χ1) is 15.5. The van der Waals surface area contributed by atoms with Crippen LogP contribution < -0.4 is 20.3 Å². The van der Waals surface area contributed by atoms with Gasteiger partial charge in [-0.05, 0) is 31.6 Å². The van der Waals surface area contributed by atoms with Crippen LogP contribution in [0.15, 0.2) is 6.20 Å². The van der Waals surface area contributed by atoms with Gasteiger partial charge < -0.3 is 20.3 Å². The quantitative estimate of drug-likeness (QED) is 0.673. The summed E-state index contributed by atoms with van der Waals surface area (Å²) in [6, 6.07) is -0.227. The Balaban J connectivity index is 1.36. The summed E-state index contributed by atoms with van der Waals surface area (Å²) in [5.41, 5.74) is 0.396. The highest BCUT2D eigenvalue weighted by atomic mass is 19.4. The lowest BCUT2D eigenvalue weighted by Crippen LogP contribution is -2.50. The van der Waals surface area contributed by atoms with Gasteiger partial charge in [-0.1, -0.05) is 13.8 Å². The second kappa shape index (κ2) is 8.38. The Hall–Kier alpha value is -3.05. The smallest absolute Gasteiger partial charge is 0.436 e. The molecule has 4 rings (SSSR count). The minimum absolute atomic E-state index is 0.0726. The van der Waals surface area contributed by atoms with E-state index in [0.717, 1.165) is 23.7 Å². The zero-order chi connectivity index (χ0) is 24.1. The molecule has 1 aliphatic heterocycles. The average Bonchev–Trinajstić information content (AvgIpc) is 3.05. The summed E-state index contributed by atoms with van der Waals surface area (Å²) in [4.78, 5) is 23.4. The van der Waals surface area contributed by atoms with Crippen LogP contribution in [0.1, 0.15) is 38.1 Å². The maximum Gasteiger partial charge on any atom is 0.436 e. The summed E-state index contributed by atoms with van der Waals surface area (Å²) < 4.78 is 45.6. The highest BCUT2D eigenvalue weighted by Gasteiger charge is 2.40. The first-order valence-electron chi connectivity index (χ1n) is 10.9. The number of fused-ring (bicyclic) bond motifs is 1. The van der Waals surface area contributed by atoms with Crippen LogP contribution >= 0.6 is 0 Å². The molecule has 0 radical (unpaired) electrons. The highest BCUT2D eigenvalue weighted by molar-refractivity contribution is 6.03. The van der Waals surface area contributed by atoms with E-state index >= 15 is 0 Å². The number of amides is 1. The van der Waals surface area contributed by atoms with Crippen LogP contribution in [0.4, 0.5) is 30.6 Å². The number of hydrogen-bond donors (Lipinski definition) is 2. The number of anilines is 3. The standard InChI is InChI=1S/C21H28F3N7O2/c1-10(2)16-19(32)28-15-11(3)26-20(29-18(15)30(16)4)27-13-6-12(7-13)9-33-14-8-25-31(5)17(14)21(22,23)24/h8,10,12-13,16H,6-7,9H2,1-5H3,(H,28,32)(H,26,27,29)/t12-,13+,16?. The Labute approximate surface area is 189 Å². The molecule has 1 unspecified atom stereocenters. The van der Waals surface area contributed by atoms with E-state index in [0.29, 0.717) is 23.1 Å². The fourth-order valence-electron chi connectivity index (χ4n) is 4.50. The monoisotopic (exact) mass is 467 g/mol. The van der Waals surface area contributed by atoms with Crippen molar-refractivity contribution >= 4 is 23.4 Å². The fourth-order valence-corrected chi connectivity index (χ4v) is 4.50. The van der Waals surface area contributed by atoms with Crippen LogP contribution in [0.5, 0.6) is 5.75 Å². The number of carbonyl (C=O) groups excluding carboxylic acids is 1. The van der Waals surface area contributed by atoms with Gasteiger partial charge in [-0.25, -0.2) is 4.98 Å². The van der Waals surface area contributed by atoms with E-state index in [2.05, 4.69) is 25.7 Å². The molecule has 12 heteroatoms. The number of ether oxygens (including phenoxy) is 1. The number of rotatable bonds is 6. The second-order valence-corrected chi connectivity index (χ2v) is 9.09. The Morgan fingerprint density at radius 3 is 2.61 bits per heavy atom. The van der Waals surface area contributed by atoms with Crippen molar-refractivity contribution in [1.82, 2.24) is 19.7 Å². The number of nitrogens with zero attached hydrogens (tertiary/aromatic N) is 5. The Bertz CT molecular complexity index is 1050. The van der Waals surface area contributed by atoms with Gasteiger partial charge in [0.2, 0.25) is 11.9 Å². The molecule has 180 valence electrons. The van der Waals surface area contributed by atoms with E-state index in [4.69, 9.17) is 4.74 Å². The number of nitrogens with one attached hydrogen (secondary N) is 2. The summed E-state index contributed by atoms with van der Waals surface area (Å²) in [6.45, 7) is 5.97. The lowest BCUT2D eigenvalue weighted by molar-refractivity contribution is -0.145. The van der Waals surface area contributed by atoms with Gasteiger partial charge in [0.25, 0.3) is 0 Å². The summed E-state index contributed by atoms with van der Waals surface area (Å²) in [5.74, 6) is 1.04. The molecule has 0 aromatic carbocycles. The molecule has 1 fully saturated rings.